The van der Waals surface area contributed by atoms with Crippen molar-refractivity contribution in [3.63, 3.8) is 0 Å². The van der Waals surface area contributed by atoms with Crippen molar-refractivity contribution in [3.8, 4) is 0 Å². The van der Waals surface area contributed by atoms with Gasteiger partial charge in [0.05, 0.1) is 5.69 Å². The second-order valence-corrected chi connectivity index (χ2v) is 5.33. The Morgan fingerprint density at radius 2 is 2.39 bits per heavy atom. The summed E-state index contributed by atoms with van der Waals surface area (Å²) in [6, 6.07) is 5.83. The molecule has 1 rings (SSSR count). The van der Waals surface area contributed by atoms with Gasteiger partial charge in [-0.1, -0.05) is 6.07 Å². The lowest BCUT2D eigenvalue weighted by atomic mass is 10.4. The lowest BCUT2D eigenvalue weighted by Crippen LogP contribution is -2.11. The fourth-order valence-electron chi connectivity index (χ4n) is 1.18. The molecule has 0 N–H and O–H groups in total. The van der Waals surface area contributed by atoms with Crippen molar-refractivity contribution in [3.05, 3.63) is 40.2 Å². The first-order valence-electron chi connectivity index (χ1n) is 5.39. The number of rotatable bonds is 7. The van der Waals surface area contributed by atoms with E-state index in [0.29, 0.717) is 11.6 Å². The Labute approximate surface area is 115 Å². The summed E-state index contributed by atoms with van der Waals surface area (Å²) < 4.78 is 0. The van der Waals surface area contributed by atoms with Gasteiger partial charge in [-0.2, -0.15) is 11.8 Å². The average Bonchev–Trinajstić information content (AvgIpc) is 2.37. The summed E-state index contributed by atoms with van der Waals surface area (Å²) in [5, 5.41) is 10.9. The maximum atomic E-state index is 10.3. The van der Waals surface area contributed by atoms with Crippen molar-refractivity contribution in [1.29, 1.82) is 0 Å². The zero-order valence-electron chi connectivity index (χ0n) is 10.1. The molecule has 0 amide bonds. The van der Waals surface area contributed by atoms with Crippen molar-refractivity contribution < 1.29 is 4.92 Å². The SMILES string of the molecule is CSC(C[N+](=O)[O-])=NCCSCc1ccccn1. The highest BCUT2D eigenvalue weighted by Crippen LogP contribution is 2.09. The van der Waals surface area contributed by atoms with E-state index in [9.17, 15) is 10.1 Å². The zero-order valence-corrected chi connectivity index (χ0v) is 11.7. The first-order valence-corrected chi connectivity index (χ1v) is 7.77. The maximum Gasteiger partial charge on any atom is 0.250 e. The summed E-state index contributed by atoms with van der Waals surface area (Å²) >= 11 is 3.07. The molecule has 0 saturated carbocycles. The Morgan fingerprint density at radius 3 is 3.00 bits per heavy atom. The number of hydrogen-bond acceptors (Lipinski definition) is 6. The van der Waals surface area contributed by atoms with Crippen LogP contribution >= 0.6 is 23.5 Å². The number of hydrogen-bond donors (Lipinski definition) is 0. The summed E-state index contributed by atoms with van der Waals surface area (Å²) in [6.45, 7) is 0.438. The summed E-state index contributed by atoms with van der Waals surface area (Å²) in [7, 11) is 0. The molecule has 0 bridgehead atoms. The molecule has 0 saturated heterocycles. The van der Waals surface area contributed by atoms with Crippen molar-refractivity contribution in [2.45, 2.75) is 5.75 Å². The molecular formula is C11H15N3O2S2. The number of pyridine rings is 1. The number of aromatic nitrogens is 1. The summed E-state index contributed by atoms with van der Waals surface area (Å²) in [5.41, 5.74) is 1.04. The van der Waals surface area contributed by atoms with Crippen molar-refractivity contribution in [2.24, 2.45) is 4.99 Å². The van der Waals surface area contributed by atoms with E-state index in [1.807, 2.05) is 24.5 Å². The lowest BCUT2D eigenvalue weighted by Gasteiger charge is -2.00. The Bertz CT molecular complexity index is 399. The molecule has 0 aromatic carbocycles. The van der Waals surface area contributed by atoms with Crippen LogP contribution in [0.5, 0.6) is 0 Å². The fraction of sp³-hybridized carbons (Fsp3) is 0.455. The van der Waals surface area contributed by atoms with Crippen LogP contribution in [-0.2, 0) is 5.75 Å². The van der Waals surface area contributed by atoms with E-state index in [1.54, 1.807) is 18.0 Å². The van der Waals surface area contributed by atoms with Crippen LogP contribution in [0.15, 0.2) is 29.4 Å². The molecule has 18 heavy (non-hydrogen) atoms. The fourth-order valence-corrected chi connectivity index (χ4v) is 2.38. The minimum Gasteiger partial charge on any atom is -0.275 e. The molecule has 0 aliphatic rings. The van der Waals surface area contributed by atoms with Gasteiger partial charge >= 0.3 is 0 Å². The molecule has 1 aromatic heterocycles. The van der Waals surface area contributed by atoms with Crippen LogP contribution in [0.1, 0.15) is 5.69 Å². The van der Waals surface area contributed by atoms with Crippen LogP contribution in [0.2, 0.25) is 0 Å². The van der Waals surface area contributed by atoms with E-state index in [4.69, 9.17) is 0 Å². The third-order valence-electron chi connectivity index (χ3n) is 2.00. The number of thioether (sulfide) groups is 2. The van der Waals surface area contributed by atoms with Crippen molar-refractivity contribution in [1.82, 2.24) is 4.98 Å². The normalized spacial score (nSPS) is 11.5. The Morgan fingerprint density at radius 1 is 1.56 bits per heavy atom. The molecular weight excluding hydrogens is 270 g/mol. The molecule has 1 heterocycles. The van der Waals surface area contributed by atoms with Crippen LogP contribution in [0.25, 0.3) is 0 Å². The van der Waals surface area contributed by atoms with Gasteiger partial charge in [0.25, 0.3) is 6.54 Å². The smallest absolute Gasteiger partial charge is 0.250 e. The number of aliphatic imine (C=N–C) groups is 1. The molecule has 0 aliphatic carbocycles. The molecule has 0 radical (unpaired) electrons. The number of nitro groups is 1. The summed E-state index contributed by atoms with van der Waals surface area (Å²) in [5.74, 6) is 1.69. The first-order chi connectivity index (χ1) is 8.72. The molecule has 0 fully saturated rings. The predicted molar refractivity (Wildman–Crippen MR) is 78.1 cm³/mol. The first kappa shape index (κ1) is 15.0. The van der Waals surface area contributed by atoms with Crippen LogP contribution in [0.4, 0.5) is 0 Å². The molecule has 98 valence electrons. The van der Waals surface area contributed by atoms with Gasteiger partial charge in [0, 0.05) is 29.2 Å². The standard InChI is InChI=1S/C11H15N3O2S2/c1-17-11(8-14(15)16)13-6-7-18-9-10-4-2-3-5-12-10/h2-5H,6-9H2,1H3. The minimum atomic E-state index is -0.351. The van der Waals surface area contributed by atoms with E-state index in [2.05, 4.69) is 9.98 Å². The van der Waals surface area contributed by atoms with Crippen LogP contribution in [0, 0.1) is 10.1 Å². The van der Waals surface area contributed by atoms with E-state index in [-0.39, 0.29) is 11.5 Å². The Balaban J connectivity index is 2.21. The van der Waals surface area contributed by atoms with Gasteiger partial charge in [-0.05, 0) is 18.4 Å². The largest absolute Gasteiger partial charge is 0.275 e. The monoisotopic (exact) mass is 285 g/mol. The molecule has 0 atom stereocenters. The minimum absolute atomic E-state index is 0.175. The van der Waals surface area contributed by atoms with Crippen LogP contribution < -0.4 is 0 Å². The van der Waals surface area contributed by atoms with Gasteiger partial charge in [-0.15, -0.1) is 11.8 Å². The topological polar surface area (TPSA) is 68.4 Å². The van der Waals surface area contributed by atoms with E-state index >= 15 is 0 Å². The van der Waals surface area contributed by atoms with Gasteiger partial charge in [0.2, 0.25) is 0 Å². The third kappa shape index (κ3) is 6.61. The quantitative estimate of drug-likeness (QED) is 0.253. The van der Waals surface area contributed by atoms with Gasteiger partial charge < -0.3 is 0 Å². The predicted octanol–water partition coefficient (Wildman–Crippen LogP) is 2.35. The highest BCUT2D eigenvalue weighted by molar-refractivity contribution is 8.13. The van der Waals surface area contributed by atoms with E-state index < -0.39 is 0 Å². The summed E-state index contributed by atoms with van der Waals surface area (Å²) in [6.07, 6.45) is 3.58. The highest BCUT2D eigenvalue weighted by Gasteiger charge is 2.04. The van der Waals surface area contributed by atoms with Crippen molar-refractivity contribution >= 4 is 28.6 Å². The van der Waals surface area contributed by atoms with Crippen molar-refractivity contribution in [2.75, 3.05) is 25.1 Å². The molecule has 0 spiro atoms. The molecule has 0 aliphatic heterocycles. The van der Waals surface area contributed by atoms with Crippen LogP contribution in [-0.4, -0.2) is 40.0 Å². The highest BCUT2D eigenvalue weighted by atomic mass is 32.2. The lowest BCUT2D eigenvalue weighted by molar-refractivity contribution is -0.462. The Hall–Kier alpha value is -1.08. The van der Waals surface area contributed by atoms with Gasteiger partial charge in [0.15, 0.2) is 0 Å². The van der Waals surface area contributed by atoms with E-state index in [0.717, 1.165) is 17.2 Å². The number of nitrogens with zero attached hydrogens (tertiary/aromatic N) is 3. The average molecular weight is 285 g/mol. The Kier molecular flexibility index (Phi) is 7.43. The molecule has 1 aromatic rings. The second-order valence-electron chi connectivity index (χ2n) is 3.34. The van der Waals surface area contributed by atoms with E-state index in [1.165, 1.54) is 11.8 Å². The molecule has 7 heteroatoms. The van der Waals surface area contributed by atoms with Gasteiger partial charge in [-0.25, -0.2) is 0 Å². The zero-order chi connectivity index (χ0) is 13.2. The molecule has 0 unspecified atom stereocenters. The van der Waals surface area contributed by atoms with Crippen LogP contribution in [0.3, 0.4) is 0 Å². The maximum absolute atomic E-state index is 10.3. The van der Waals surface area contributed by atoms with Gasteiger partial charge in [-0.3, -0.25) is 20.1 Å². The third-order valence-corrected chi connectivity index (χ3v) is 3.70. The van der Waals surface area contributed by atoms with Gasteiger partial charge in [0.1, 0.15) is 5.04 Å². The summed E-state index contributed by atoms with van der Waals surface area (Å²) in [4.78, 5) is 18.4. The molecule has 5 nitrogen and oxygen atoms in total. The second kappa shape index (κ2) is 8.93.